The standard InChI is InChI=1S/C13H19N3/c1-2-11(8-14-6-1)9-16-7-5-13(10-16)15-12-3-4-12/h1-2,6,8,12-13,15H,3-5,7,9-10H2. The van der Waals surface area contributed by atoms with Gasteiger partial charge in [0, 0.05) is 44.1 Å². The fourth-order valence-corrected chi connectivity index (χ4v) is 2.45. The maximum absolute atomic E-state index is 4.16. The zero-order valence-electron chi connectivity index (χ0n) is 9.60. The molecule has 1 unspecified atom stereocenters. The predicted molar refractivity (Wildman–Crippen MR) is 64.1 cm³/mol. The van der Waals surface area contributed by atoms with Crippen LogP contribution in [-0.4, -0.2) is 35.1 Å². The van der Waals surface area contributed by atoms with Crippen molar-refractivity contribution in [3.05, 3.63) is 30.1 Å². The van der Waals surface area contributed by atoms with E-state index in [4.69, 9.17) is 0 Å². The Kier molecular flexibility index (Phi) is 2.89. The molecule has 1 atom stereocenters. The average Bonchev–Trinajstić information content (AvgIpc) is 3.01. The highest BCUT2D eigenvalue weighted by molar-refractivity contribution is 5.08. The van der Waals surface area contributed by atoms with Gasteiger partial charge in [-0.1, -0.05) is 6.07 Å². The molecule has 1 aliphatic heterocycles. The van der Waals surface area contributed by atoms with E-state index in [0.29, 0.717) is 0 Å². The Morgan fingerprint density at radius 1 is 1.31 bits per heavy atom. The minimum atomic E-state index is 0.726. The van der Waals surface area contributed by atoms with E-state index in [2.05, 4.69) is 21.3 Å². The first-order valence-electron chi connectivity index (χ1n) is 6.27. The van der Waals surface area contributed by atoms with E-state index in [-0.39, 0.29) is 0 Å². The SMILES string of the molecule is c1cncc(CN2CCC(NC3CC3)C2)c1. The molecular formula is C13H19N3. The lowest BCUT2D eigenvalue weighted by molar-refractivity contribution is 0.319. The monoisotopic (exact) mass is 217 g/mol. The van der Waals surface area contributed by atoms with Gasteiger partial charge in [0.2, 0.25) is 0 Å². The summed E-state index contributed by atoms with van der Waals surface area (Å²) in [6, 6.07) is 5.74. The first-order chi connectivity index (χ1) is 7.90. The van der Waals surface area contributed by atoms with Crippen LogP contribution in [0.15, 0.2) is 24.5 Å². The van der Waals surface area contributed by atoms with Crippen molar-refractivity contribution in [3.63, 3.8) is 0 Å². The van der Waals surface area contributed by atoms with Gasteiger partial charge in [0.15, 0.2) is 0 Å². The lowest BCUT2D eigenvalue weighted by atomic mass is 10.2. The van der Waals surface area contributed by atoms with Crippen LogP contribution in [0.1, 0.15) is 24.8 Å². The average molecular weight is 217 g/mol. The van der Waals surface area contributed by atoms with Gasteiger partial charge in [0.1, 0.15) is 0 Å². The third kappa shape index (κ3) is 2.60. The van der Waals surface area contributed by atoms with Crippen LogP contribution >= 0.6 is 0 Å². The molecule has 86 valence electrons. The molecule has 2 aliphatic rings. The Balaban J connectivity index is 1.49. The number of hydrogen-bond donors (Lipinski definition) is 1. The fraction of sp³-hybridized carbons (Fsp3) is 0.615. The highest BCUT2D eigenvalue weighted by atomic mass is 15.2. The minimum absolute atomic E-state index is 0.726. The number of hydrogen-bond acceptors (Lipinski definition) is 3. The number of nitrogens with one attached hydrogen (secondary N) is 1. The van der Waals surface area contributed by atoms with E-state index in [9.17, 15) is 0 Å². The fourth-order valence-electron chi connectivity index (χ4n) is 2.45. The minimum Gasteiger partial charge on any atom is -0.310 e. The molecule has 3 nitrogen and oxygen atoms in total. The van der Waals surface area contributed by atoms with Crippen LogP contribution in [0, 0.1) is 0 Å². The second-order valence-corrected chi connectivity index (χ2v) is 5.02. The first kappa shape index (κ1) is 10.2. The van der Waals surface area contributed by atoms with E-state index in [1.54, 1.807) is 0 Å². The number of rotatable bonds is 4. The number of pyridine rings is 1. The van der Waals surface area contributed by atoms with Gasteiger partial charge in [0.25, 0.3) is 0 Å². The van der Waals surface area contributed by atoms with Gasteiger partial charge in [-0.3, -0.25) is 9.88 Å². The van der Waals surface area contributed by atoms with Crippen LogP contribution in [0.3, 0.4) is 0 Å². The molecule has 1 aromatic heterocycles. The Hall–Kier alpha value is -0.930. The van der Waals surface area contributed by atoms with Crippen LogP contribution in [-0.2, 0) is 6.54 Å². The molecule has 1 aromatic rings. The van der Waals surface area contributed by atoms with Crippen molar-refractivity contribution in [2.45, 2.75) is 37.9 Å². The molecule has 0 radical (unpaired) electrons. The molecule has 3 rings (SSSR count). The summed E-state index contributed by atoms with van der Waals surface area (Å²) in [6.07, 6.45) is 7.89. The number of likely N-dealkylation sites (tertiary alicyclic amines) is 1. The number of aromatic nitrogens is 1. The number of nitrogens with zero attached hydrogens (tertiary/aromatic N) is 2. The Bertz CT molecular complexity index is 334. The summed E-state index contributed by atoms with van der Waals surface area (Å²) in [5, 5.41) is 3.71. The highest BCUT2D eigenvalue weighted by Crippen LogP contribution is 2.22. The van der Waals surface area contributed by atoms with Gasteiger partial charge in [0.05, 0.1) is 0 Å². The smallest absolute Gasteiger partial charge is 0.0312 e. The van der Waals surface area contributed by atoms with E-state index in [0.717, 1.165) is 18.6 Å². The van der Waals surface area contributed by atoms with Gasteiger partial charge in [-0.15, -0.1) is 0 Å². The molecule has 0 amide bonds. The molecule has 0 aromatic carbocycles. The van der Waals surface area contributed by atoms with E-state index in [1.165, 1.54) is 37.9 Å². The largest absolute Gasteiger partial charge is 0.310 e. The summed E-state index contributed by atoms with van der Waals surface area (Å²) in [6.45, 7) is 3.47. The van der Waals surface area contributed by atoms with Crippen molar-refractivity contribution in [2.24, 2.45) is 0 Å². The molecule has 1 aliphatic carbocycles. The molecule has 1 N–H and O–H groups in total. The second kappa shape index (κ2) is 4.52. The van der Waals surface area contributed by atoms with Crippen LogP contribution < -0.4 is 5.32 Å². The van der Waals surface area contributed by atoms with Crippen molar-refractivity contribution in [1.29, 1.82) is 0 Å². The summed E-state index contributed by atoms with van der Waals surface area (Å²) < 4.78 is 0. The van der Waals surface area contributed by atoms with Crippen molar-refractivity contribution in [1.82, 2.24) is 15.2 Å². The summed E-state index contributed by atoms with van der Waals surface area (Å²) in [4.78, 5) is 6.69. The first-order valence-corrected chi connectivity index (χ1v) is 6.27. The summed E-state index contributed by atoms with van der Waals surface area (Å²) >= 11 is 0. The molecule has 0 spiro atoms. The summed E-state index contributed by atoms with van der Waals surface area (Å²) in [5.41, 5.74) is 1.33. The van der Waals surface area contributed by atoms with Crippen molar-refractivity contribution < 1.29 is 0 Å². The second-order valence-electron chi connectivity index (χ2n) is 5.02. The zero-order chi connectivity index (χ0) is 10.8. The third-order valence-corrected chi connectivity index (χ3v) is 3.45. The van der Waals surface area contributed by atoms with Gasteiger partial charge < -0.3 is 5.32 Å². The van der Waals surface area contributed by atoms with Crippen LogP contribution in [0.25, 0.3) is 0 Å². The van der Waals surface area contributed by atoms with Crippen molar-refractivity contribution >= 4 is 0 Å². The quantitative estimate of drug-likeness (QED) is 0.826. The maximum atomic E-state index is 4.16. The van der Waals surface area contributed by atoms with Crippen molar-refractivity contribution in [2.75, 3.05) is 13.1 Å². The van der Waals surface area contributed by atoms with Gasteiger partial charge in [-0.2, -0.15) is 0 Å². The van der Waals surface area contributed by atoms with Crippen LogP contribution in [0.2, 0.25) is 0 Å². The molecule has 2 fully saturated rings. The predicted octanol–water partition coefficient (Wildman–Crippen LogP) is 1.41. The van der Waals surface area contributed by atoms with Gasteiger partial charge >= 0.3 is 0 Å². The van der Waals surface area contributed by atoms with E-state index in [1.807, 2.05) is 18.5 Å². The summed E-state index contributed by atoms with van der Waals surface area (Å²) in [7, 11) is 0. The van der Waals surface area contributed by atoms with Gasteiger partial charge in [-0.25, -0.2) is 0 Å². The lowest BCUT2D eigenvalue weighted by Crippen LogP contribution is -2.33. The van der Waals surface area contributed by atoms with Crippen LogP contribution in [0.5, 0.6) is 0 Å². The third-order valence-electron chi connectivity index (χ3n) is 3.45. The molecule has 16 heavy (non-hydrogen) atoms. The zero-order valence-corrected chi connectivity index (χ0v) is 9.60. The Labute approximate surface area is 96.9 Å². The lowest BCUT2D eigenvalue weighted by Gasteiger charge is -2.16. The maximum Gasteiger partial charge on any atom is 0.0312 e. The van der Waals surface area contributed by atoms with Crippen molar-refractivity contribution in [3.8, 4) is 0 Å². The molecular weight excluding hydrogens is 198 g/mol. The van der Waals surface area contributed by atoms with Gasteiger partial charge in [-0.05, 0) is 30.9 Å². The highest BCUT2D eigenvalue weighted by Gasteiger charge is 2.28. The molecule has 1 saturated heterocycles. The topological polar surface area (TPSA) is 28.2 Å². The Morgan fingerprint density at radius 2 is 2.25 bits per heavy atom. The van der Waals surface area contributed by atoms with Crippen LogP contribution in [0.4, 0.5) is 0 Å². The summed E-state index contributed by atoms with van der Waals surface area (Å²) in [5.74, 6) is 0. The molecule has 3 heteroatoms. The van der Waals surface area contributed by atoms with E-state index < -0.39 is 0 Å². The molecule has 1 saturated carbocycles. The normalized spacial score (nSPS) is 26.1. The molecule has 0 bridgehead atoms. The van der Waals surface area contributed by atoms with E-state index >= 15 is 0 Å². The Morgan fingerprint density at radius 3 is 3.00 bits per heavy atom. The molecule has 2 heterocycles.